The standard InChI is InChI=1S/C15H23NO3/c1-4-13(17)12-7-5-6-8-14(12)19-10-9-15(18)16-11(2)3/h5-8,11,13,17H,4,9-10H2,1-3H3,(H,16,18)/t13-/m0/s1. The van der Waals surface area contributed by atoms with Crippen molar-refractivity contribution in [1.82, 2.24) is 5.32 Å². The van der Waals surface area contributed by atoms with E-state index >= 15 is 0 Å². The Balaban J connectivity index is 2.51. The van der Waals surface area contributed by atoms with Crippen molar-refractivity contribution in [3.05, 3.63) is 29.8 Å². The summed E-state index contributed by atoms with van der Waals surface area (Å²) in [5.41, 5.74) is 0.772. The molecule has 0 unspecified atom stereocenters. The minimum absolute atomic E-state index is 0.0245. The maximum atomic E-state index is 11.5. The fraction of sp³-hybridized carbons (Fsp3) is 0.533. The molecule has 0 radical (unpaired) electrons. The molecule has 2 N–H and O–H groups in total. The van der Waals surface area contributed by atoms with Gasteiger partial charge < -0.3 is 15.2 Å². The zero-order valence-corrected chi connectivity index (χ0v) is 11.8. The van der Waals surface area contributed by atoms with Crippen LogP contribution in [0.1, 0.15) is 45.3 Å². The van der Waals surface area contributed by atoms with E-state index in [1.165, 1.54) is 0 Å². The summed E-state index contributed by atoms with van der Waals surface area (Å²) in [4.78, 5) is 11.5. The Morgan fingerprint density at radius 3 is 2.68 bits per heavy atom. The molecular weight excluding hydrogens is 242 g/mol. The van der Waals surface area contributed by atoms with Crippen LogP contribution in [0.25, 0.3) is 0 Å². The normalized spacial score (nSPS) is 12.3. The SMILES string of the molecule is CC[C@H](O)c1ccccc1OCCC(=O)NC(C)C. The number of rotatable bonds is 7. The maximum Gasteiger partial charge on any atom is 0.223 e. The number of aliphatic hydroxyl groups excluding tert-OH is 1. The number of hydrogen-bond acceptors (Lipinski definition) is 3. The predicted molar refractivity (Wildman–Crippen MR) is 75.1 cm³/mol. The number of benzene rings is 1. The van der Waals surface area contributed by atoms with Gasteiger partial charge >= 0.3 is 0 Å². The molecule has 4 heteroatoms. The van der Waals surface area contributed by atoms with Crippen LogP contribution in [-0.4, -0.2) is 23.7 Å². The van der Waals surface area contributed by atoms with E-state index in [0.717, 1.165) is 5.56 Å². The second-order valence-electron chi connectivity index (χ2n) is 4.78. The van der Waals surface area contributed by atoms with Crippen molar-refractivity contribution in [3.8, 4) is 5.75 Å². The average Bonchev–Trinajstić information content (AvgIpc) is 2.37. The van der Waals surface area contributed by atoms with Gasteiger partial charge in [-0.15, -0.1) is 0 Å². The summed E-state index contributed by atoms with van der Waals surface area (Å²) in [6.07, 6.45) is 0.420. The van der Waals surface area contributed by atoms with Gasteiger partial charge in [0.1, 0.15) is 5.75 Å². The third-order valence-corrected chi connectivity index (χ3v) is 2.70. The average molecular weight is 265 g/mol. The molecule has 19 heavy (non-hydrogen) atoms. The molecule has 0 saturated heterocycles. The monoisotopic (exact) mass is 265 g/mol. The van der Waals surface area contributed by atoms with Crippen molar-refractivity contribution in [1.29, 1.82) is 0 Å². The fourth-order valence-corrected chi connectivity index (χ4v) is 1.76. The van der Waals surface area contributed by atoms with E-state index in [0.29, 0.717) is 25.2 Å². The zero-order chi connectivity index (χ0) is 14.3. The number of nitrogens with one attached hydrogen (secondary N) is 1. The molecule has 0 saturated carbocycles. The molecule has 0 heterocycles. The van der Waals surface area contributed by atoms with Crippen molar-refractivity contribution in [2.75, 3.05) is 6.61 Å². The third-order valence-electron chi connectivity index (χ3n) is 2.70. The largest absolute Gasteiger partial charge is 0.493 e. The highest BCUT2D eigenvalue weighted by Crippen LogP contribution is 2.26. The van der Waals surface area contributed by atoms with Gasteiger partial charge in [-0.1, -0.05) is 25.1 Å². The van der Waals surface area contributed by atoms with Gasteiger partial charge in [0.05, 0.1) is 19.1 Å². The first-order chi connectivity index (χ1) is 9.04. The maximum absolute atomic E-state index is 11.5. The van der Waals surface area contributed by atoms with E-state index in [-0.39, 0.29) is 11.9 Å². The molecule has 0 aromatic heterocycles. The van der Waals surface area contributed by atoms with Crippen LogP contribution in [0.4, 0.5) is 0 Å². The van der Waals surface area contributed by atoms with Gasteiger partial charge in [-0.2, -0.15) is 0 Å². The second kappa shape index (κ2) is 7.79. The molecule has 4 nitrogen and oxygen atoms in total. The van der Waals surface area contributed by atoms with Crippen molar-refractivity contribution in [3.63, 3.8) is 0 Å². The molecule has 1 aromatic carbocycles. The van der Waals surface area contributed by atoms with Gasteiger partial charge in [0, 0.05) is 11.6 Å². The van der Waals surface area contributed by atoms with E-state index in [4.69, 9.17) is 4.74 Å². The molecule has 0 fully saturated rings. The van der Waals surface area contributed by atoms with Crippen molar-refractivity contribution in [2.24, 2.45) is 0 Å². The Morgan fingerprint density at radius 1 is 1.37 bits per heavy atom. The number of aliphatic hydroxyl groups is 1. The smallest absolute Gasteiger partial charge is 0.223 e. The van der Waals surface area contributed by atoms with Gasteiger partial charge in [0.25, 0.3) is 0 Å². The number of carbonyl (C=O) groups is 1. The Labute approximate surface area is 114 Å². The molecular formula is C15H23NO3. The molecule has 0 bridgehead atoms. The van der Waals surface area contributed by atoms with Crippen LogP contribution in [0.2, 0.25) is 0 Å². The zero-order valence-electron chi connectivity index (χ0n) is 11.8. The Morgan fingerprint density at radius 2 is 2.05 bits per heavy atom. The number of carbonyl (C=O) groups excluding carboxylic acids is 1. The van der Waals surface area contributed by atoms with E-state index in [9.17, 15) is 9.90 Å². The minimum Gasteiger partial charge on any atom is -0.493 e. The molecule has 1 rings (SSSR count). The topological polar surface area (TPSA) is 58.6 Å². The fourth-order valence-electron chi connectivity index (χ4n) is 1.76. The lowest BCUT2D eigenvalue weighted by Crippen LogP contribution is -2.31. The van der Waals surface area contributed by atoms with Gasteiger partial charge in [-0.25, -0.2) is 0 Å². The van der Waals surface area contributed by atoms with Crippen LogP contribution >= 0.6 is 0 Å². The van der Waals surface area contributed by atoms with Gasteiger partial charge in [0.2, 0.25) is 5.91 Å². The number of hydrogen-bond donors (Lipinski definition) is 2. The van der Waals surface area contributed by atoms with Crippen molar-refractivity contribution in [2.45, 2.75) is 45.8 Å². The van der Waals surface area contributed by atoms with Crippen molar-refractivity contribution < 1.29 is 14.6 Å². The van der Waals surface area contributed by atoms with E-state index < -0.39 is 6.10 Å². The lowest BCUT2D eigenvalue weighted by molar-refractivity contribution is -0.122. The van der Waals surface area contributed by atoms with Crippen LogP contribution < -0.4 is 10.1 Å². The van der Waals surface area contributed by atoms with Gasteiger partial charge in [0.15, 0.2) is 0 Å². The highest BCUT2D eigenvalue weighted by molar-refractivity contribution is 5.76. The Kier molecular flexibility index (Phi) is 6.36. The first-order valence-electron chi connectivity index (χ1n) is 6.73. The minimum atomic E-state index is -0.527. The molecule has 106 valence electrons. The van der Waals surface area contributed by atoms with E-state index in [2.05, 4.69) is 5.32 Å². The summed E-state index contributed by atoms with van der Waals surface area (Å²) < 4.78 is 5.59. The highest BCUT2D eigenvalue weighted by Gasteiger charge is 2.11. The van der Waals surface area contributed by atoms with Gasteiger partial charge in [-0.3, -0.25) is 4.79 Å². The lowest BCUT2D eigenvalue weighted by atomic mass is 10.1. The first kappa shape index (κ1) is 15.5. The van der Waals surface area contributed by atoms with Crippen LogP contribution in [0.5, 0.6) is 5.75 Å². The Hall–Kier alpha value is -1.55. The summed E-state index contributed by atoms with van der Waals surface area (Å²) in [5, 5.41) is 12.7. The molecule has 1 aromatic rings. The van der Waals surface area contributed by atoms with Crippen LogP contribution in [-0.2, 0) is 4.79 Å². The summed E-state index contributed by atoms with van der Waals surface area (Å²) in [5.74, 6) is 0.623. The number of amides is 1. The molecule has 0 aliphatic heterocycles. The van der Waals surface area contributed by atoms with Crippen LogP contribution in [0, 0.1) is 0 Å². The molecule has 0 aliphatic carbocycles. The molecule has 1 amide bonds. The molecule has 0 spiro atoms. The molecule has 1 atom stereocenters. The van der Waals surface area contributed by atoms with Crippen LogP contribution in [0.15, 0.2) is 24.3 Å². The van der Waals surface area contributed by atoms with Crippen LogP contribution in [0.3, 0.4) is 0 Å². The predicted octanol–water partition coefficient (Wildman–Crippen LogP) is 2.42. The van der Waals surface area contributed by atoms with E-state index in [1.807, 2.05) is 45.0 Å². The first-order valence-corrected chi connectivity index (χ1v) is 6.73. The summed E-state index contributed by atoms with van der Waals surface area (Å²) in [7, 11) is 0. The van der Waals surface area contributed by atoms with Crippen molar-refractivity contribution >= 4 is 5.91 Å². The van der Waals surface area contributed by atoms with E-state index in [1.54, 1.807) is 0 Å². The number of para-hydroxylation sites is 1. The summed E-state index contributed by atoms with van der Waals surface area (Å²) in [6, 6.07) is 7.52. The lowest BCUT2D eigenvalue weighted by Gasteiger charge is -2.15. The quantitative estimate of drug-likeness (QED) is 0.796. The second-order valence-corrected chi connectivity index (χ2v) is 4.78. The third kappa shape index (κ3) is 5.30. The Bertz CT molecular complexity index is 404. The number of ether oxygens (including phenoxy) is 1. The summed E-state index contributed by atoms with van der Waals surface area (Å²) >= 11 is 0. The highest BCUT2D eigenvalue weighted by atomic mass is 16.5. The van der Waals surface area contributed by atoms with Gasteiger partial charge in [-0.05, 0) is 26.3 Å². The summed E-state index contributed by atoms with van der Waals surface area (Å²) in [6.45, 7) is 6.07. The molecule has 0 aliphatic rings.